The molecule has 0 amide bonds. The van der Waals surface area contributed by atoms with E-state index in [0.29, 0.717) is 25.1 Å². The Bertz CT molecular complexity index is 543. The summed E-state index contributed by atoms with van der Waals surface area (Å²) < 4.78 is 18.3. The van der Waals surface area contributed by atoms with E-state index in [0.717, 1.165) is 0 Å². The molecule has 1 aromatic rings. The van der Waals surface area contributed by atoms with Crippen molar-refractivity contribution >= 4 is 12.2 Å². The Hall–Kier alpha value is -1.91. The minimum Gasteiger partial charge on any atom is -0.464 e. The maximum absolute atomic E-state index is 13.1. The predicted molar refractivity (Wildman–Crippen MR) is 79.5 cm³/mol. The highest BCUT2D eigenvalue weighted by molar-refractivity contribution is 5.80. The van der Waals surface area contributed by atoms with Crippen LogP contribution in [0, 0.1) is 11.2 Å². The summed E-state index contributed by atoms with van der Waals surface area (Å²) in [6, 6.07) is 5.83. The fourth-order valence-corrected chi connectivity index (χ4v) is 2.53. The molecular formula is C16H21FN2O2. The predicted octanol–water partition coefficient (Wildman–Crippen LogP) is 2.82. The van der Waals surface area contributed by atoms with Gasteiger partial charge in [0, 0.05) is 6.54 Å². The molecule has 1 fully saturated rings. The number of hydrogen-bond donors (Lipinski definition) is 0. The summed E-state index contributed by atoms with van der Waals surface area (Å²) in [5, 5.41) is 6.09. The van der Waals surface area contributed by atoms with Crippen LogP contribution < -0.4 is 0 Å². The number of esters is 1. The van der Waals surface area contributed by atoms with Crippen LogP contribution in [0.25, 0.3) is 0 Å². The molecule has 1 aliphatic rings. The summed E-state index contributed by atoms with van der Waals surface area (Å²) in [6.07, 6.45) is 2.28. The minimum absolute atomic E-state index is 0.00327. The molecule has 1 heterocycles. The van der Waals surface area contributed by atoms with Gasteiger partial charge >= 0.3 is 5.97 Å². The van der Waals surface area contributed by atoms with Gasteiger partial charge in [-0.25, -0.2) is 9.18 Å². The number of rotatable bonds is 4. The molecule has 2 rings (SSSR count). The van der Waals surface area contributed by atoms with Gasteiger partial charge in [-0.2, -0.15) is 5.10 Å². The van der Waals surface area contributed by atoms with Crippen molar-refractivity contribution in [3.63, 3.8) is 0 Å². The van der Waals surface area contributed by atoms with Crippen molar-refractivity contribution in [3.05, 3.63) is 35.6 Å². The number of benzene rings is 1. The summed E-state index contributed by atoms with van der Waals surface area (Å²) in [5.41, 5.74) is 0.666. The third-order valence-corrected chi connectivity index (χ3v) is 3.46. The maximum Gasteiger partial charge on any atom is 0.330 e. The fraction of sp³-hybridized carbons (Fsp3) is 0.500. The third kappa shape index (κ3) is 4.03. The molecule has 0 saturated carbocycles. The first-order chi connectivity index (χ1) is 9.91. The molecule has 1 saturated heterocycles. The highest BCUT2D eigenvalue weighted by Crippen LogP contribution is 2.34. The molecule has 1 aliphatic heterocycles. The van der Waals surface area contributed by atoms with Gasteiger partial charge in [-0.05, 0) is 36.5 Å². The van der Waals surface area contributed by atoms with Gasteiger partial charge in [0.1, 0.15) is 11.9 Å². The highest BCUT2D eigenvalue weighted by Gasteiger charge is 2.41. The van der Waals surface area contributed by atoms with Gasteiger partial charge in [-0.1, -0.05) is 26.0 Å². The zero-order valence-electron chi connectivity index (χ0n) is 12.7. The van der Waals surface area contributed by atoms with E-state index in [2.05, 4.69) is 18.9 Å². The number of hydrazone groups is 1. The molecule has 0 aromatic heterocycles. The lowest BCUT2D eigenvalue weighted by atomic mass is 9.91. The topological polar surface area (TPSA) is 41.9 Å². The van der Waals surface area contributed by atoms with Crippen molar-refractivity contribution in [2.75, 3.05) is 13.2 Å². The SMILES string of the molecule is CCOC(=O)[C@@H]1CC(C)(C)CN1/N=C/c1cccc(F)c1. The standard InChI is InChI=1S/C16H21FN2O2/c1-4-21-15(20)14-9-16(2,3)11-19(14)18-10-12-6-5-7-13(17)8-12/h5-8,10,14H,4,9,11H2,1-3H3/b18-10+/t14-/m0/s1. The smallest absolute Gasteiger partial charge is 0.330 e. The van der Waals surface area contributed by atoms with E-state index in [9.17, 15) is 9.18 Å². The molecule has 0 radical (unpaired) electrons. The monoisotopic (exact) mass is 292 g/mol. The molecule has 0 unspecified atom stereocenters. The van der Waals surface area contributed by atoms with E-state index in [4.69, 9.17) is 4.74 Å². The Balaban J connectivity index is 2.14. The number of carbonyl (C=O) groups is 1. The Morgan fingerprint density at radius 1 is 1.57 bits per heavy atom. The molecule has 5 heteroatoms. The van der Waals surface area contributed by atoms with Crippen molar-refractivity contribution in [1.82, 2.24) is 5.01 Å². The van der Waals surface area contributed by atoms with Gasteiger partial charge in [0.2, 0.25) is 0 Å². The first kappa shape index (κ1) is 15.5. The normalized spacial score (nSPS) is 21.0. The van der Waals surface area contributed by atoms with E-state index in [-0.39, 0.29) is 23.2 Å². The van der Waals surface area contributed by atoms with Crippen LogP contribution in [0.1, 0.15) is 32.8 Å². The van der Waals surface area contributed by atoms with Crippen LogP contribution in [0.4, 0.5) is 4.39 Å². The number of ether oxygens (including phenoxy) is 1. The van der Waals surface area contributed by atoms with Crippen molar-refractivity contribution < 1.29 is 13.9 Å². The van der Waals surface area contributed by atoms with Gasteiger partial charge in [0.25, 0.3) is 0 Å². The van der Waals surface area contributed by atoms with Gasteiger partial charge < -0.3 is 4.74 Å². The molecule has 1 aromatic carbocycles. The minimum atomic E-state index is -0.371. The second-order valence-corrected chi connectivity index (χ2v) is 6.03. The van der Waals surface area contributed by atoms with Crippen LogP contribution in [-0.2, 0) is 9.53 Å². The average molecular weight is 292 g/mol. The number of carbonyl (C=O) groups excluding carboxylic acids is 1. The van der Waals surface area contributed by atoms with Crippen molar-refractivity contribution in [3.8, 4) is 0 Å². The number of nitrogens with zero attached hydrogens (tertiary/aromatic N) is 2. The Morgan fingerprint density at radius 3 is 3.00 bits per heavy atom. The van der Waals surface area contributed by atoms with Crippen LogP contribution in [-0.4, -0.2) is 36.4 Å². The Kier molecular flexibility index (Phi) is 4.60. The molecule has 0 bridgehead atoms. The molecule has 0 aliphatic carbocycles. The molecular weight excluding hydrogens is 271 g/mol. The van der Waals surface area contributed by atoms with Gasteiger partial charge in [0.15, 0.2) is 0 Å². The van der Waals surface area contributed by atoms with Crippen molar-refractivity contribution in [2.45, 2.75) is 33.2 Å². The first-order valence-corrected chi connectivity index (χ1v) is 7.14. The lowest BCUT2D eigenvalue weighted by molar-refractivity contribution is -0.148. The summed E-state index contributed by atoms with van der Waals surface area (Å²) in [4.78, 5) is 12.0. The first-order valence-electron chi connectivity index (χ1n) is 7.14. The van der Waals surface area contributed by atoms with Gasteiger partial charge in [-0.15, -0.1) is 0 Å². The average Bonchev–Trinajstić information content (AvgIpc) is 2.72. The molecule has 4 nitrogen and oxygen atoms in total. The second kappa shape index (κ2) is 6.24. The maximum atomic E-state index is 13.1. The lowest BCUT2D eigenvalue weighted by Gasteiger charge is -2.19. The zero-order valence-corrected chi connectivity index (χ0v) is 12.7. The number of hydrogen-bond acceptors (Lipinski definition) is 4. The summed E-state index contributed by atoms with van der Waals surface area (Å²) in [6.45, 7) is 7.01. The van der Waals surface area contributed by atoms with Crippen LogP contribution in [0.3, 0.4) is 0 Å². The molecule has 21 heavy (non-hydrogen) atoms. The largest absolute Gasteiger partial charge is 0.464 e. The van der Waals surface area contributed by atoms with E-state index in [1.165, 1.54) is 12.1 Å². The van der Waals surface area contributed by atoms with Crippen LogP contribution in [0.2, 0.25) is 0 Å². The summed E-state index contributed by atoms with van der Waals surface area (Å²) in [7, 11) is 0. The quantitative estimate of drug-likeness (QED) is 0.633. The zero-order chi connectivity index (χ0) is 15.5. The van der Waals surface area contributed by atoms with Crippen LogP contribution >= 0.6 is 0 Å². The van der Waals surface area contributed by atoms with Gasteiger partial charge in [0.05, 0.1) is 12.8 Å². The summed E-state index contributed by atoms with van der Waals surface area (Å²) >= 11 is 0. The Morgan fingerprint density at radius 2 is 2.33 bits per heavy atom. The fourth-order valence-electron chi connectivity index (χ4n) is 2.53. The lowest BCUT2D eigenvalue weighted by Crippen LogP contribution is -2.33. The van der Waals surface area contributed by atoms with E-state index in [1.54, 1.807) is 30.3 Å². The second-order valence-electron chi connectivity index (χ2n) is 6.03. The van der Waals surface area contributed by atoms with Crippen LogP contribution in [0.15, 0.2) is 29.4 Å². The summed E-state index contributed by atoms with van der Waals surface area (Å²) in [5.74, 6) is -0.554. The van der Waals surface area contributed by atoms with Crippen LogP contribution in [0.5, 0.6) is 0 Å². The van der Waals surface area contributed by atoms with Gasteiger partial charge in [-0.3, -0.25) is 5.01 Å². The highest BCUT2D eigenvalue weighted by atomic mass is 19.1. The van der Waals surface area contributed by atoms with E-state index >= 15 is 0 Å². The molecule has 1 atom stereocenters. The number of halogens is 1. The third-order valence-electron chi connectivity index (χ3n) is 3.46. The molecule has 0 N–H and O–H groups in total. The van der Waals surface area contributed by atoms with E-state index in [1.807, 2.05) is 0 Å². The Labute approximate surface area is 124 Å². The molecule has 114 valence electrons. The van der Waals surface area contributed by atoms with Crippen molar-refractivity contribution in [1.29, 1.82) is 0 Å². The molecule has 0 spiro atoms. The van der Waals surface area contributed by atoms with E-state index < -0.39 is 0 Å². The van der Waals surface area contributed by atoms with Crippen molar-refractivity contribution in [2.24, 2.45) is 10.5 Å².